The minimum absolute atomic E-state index is 0.0554. The predicted octanol–water partition coefficient (Wildman–Crippen LogP) is 1.95. The van der Waals surface area contributed by atoms with Crippen molar-refractivity contribution in [3.8, 4) is 0 Å². The number of carbonyl (C=O) groups excluding carboxylic acids is 2. The van der Waals surface area contributed by atoms with Crippen LogP contribution in [0.4, 0.5) is 5.13 Å². The summed E-state index contributed by atoms with van der Waals surface area (Å²) in [7, 11) is 0. The number of hydrogen-bond donors (Lipinski definition) is 1. The Morgan fingerprint density at radius 2 is 2.12 bits per heavy atom. The summed E-state index contributed by atoms with van der Waals surface area (Å²) in [6.45, 7) is 2.85. The van der Waals surface area contributed by atoms with E-state index >= 15 is 0 Å². The van der Waals surface area contributed by atoms with Crippen molar-refractivity contribution in [3.05, 3.63) is 40.9 Å². The van der Waals surface area contributed by atoms with E-state index < -0.39 is 0 Å². The lowest BCUT2D eigenvalue weighted by molar-refractivity contribution is -0.126. The molecule has 1 atom stereocenters. The molecule has 3 rings (SSSR count). The fraction of sp³-hybridized carbons (Fsp3) is 0.412. The summed E-state index contributed by atoms with van der Waals surface area (Å²) in [6.07, 6.45) is 2.06. The van der Waals surface area contributed by atoms with Crippen LogP contribution in [0.25, 0.3) is 0 Å². The standard InChI is InChI=1S/C17H20N4O2S/c1-12-19-20-17(24-12)21-11-14(10-15(21)22)16(23)18-9-5-8-13-6-3-2-4-7-13/h2-4,6-7,14H,5,8-11H2,1H3,(H,18,23). The number of aryl methyl sites for hydroxylation is 2. The smallest absolute Gasteiger partial charge is 0.229 e. The van der Waals surface area contributed by atoms with Crippen molar-refractivity contribution in [2.45, 2.75) is 26.2 Å². The van der Waals surface area contributed by atoms with Crippen LogP contribution in [-0.2, 0) is 16.0 Å². The van der Waals surface area contributed by atoms with E-state index in [9.17, 15) is 9.59 Å². The van der Waals surface area contributed by atoms with E-state index in [2.05, 4.69) is 27.6 Å². The maximum atomic E-state index is 12.3. The van der Waals surface area contributed by atoms with Crippen LogP contribution >= 0.6 is 11.3 Å². The molecule has 24 heavy (non-hydrogen) atoms. The van der Waals surface area contributed by atoms with E-state index in [4.69, 9.17) is 0 Å². The zero-order valence-electron chi connectivity index (χ0n) is 13.6. The number of carbonyl (C=O) groups is 2. The van der Waals surface area contributed by atoms with Crippen LogP contribution in [0.2, 0.25) is 0 Å². The fourth-order valence-corrected chi connectivity index (χ4v) is 3.47. The second kappa shape index (κ2) is 7.53. The lowest BCUT2D eigenvalue weighted by Gasteiger charge is -2.12. The molecule has 0 bridgehead atoms. The van der Waals surface area contributed by atoms with Crippen LogP contribution in [0.5, 0.6) is 0 Å². The topological polar surface area (TPSA) is 75.2 Å². The third kappa shape index (κ3) is 3.97. The Morgan fingerprint density at radius 1 is 1.33 bits per heavy atom. The third-order valence-corrected chi connectivity index (χ3v) is 4.89. The third-order valence-electron chi connectivity index (χ3n) is 4.03. The Kier molecular flexibility index (Phi) is 5.20. The van der Waals surface area contributed by atoms with Gasteiger partial charge in [0, 0.05) is 19.5 Å². The molecule has 1 aliphatic heterocycles. The quantitative estimate of drug-likeness (QED) is 0.813. The SMILES string of the molecule is Cc1nnc(N2CC(C(=O)NCCCc3ccccc3)CC2=O)s1. The Morgan fingerprint density at radius 3 is 2.83 bits per heavy atom. The van der Waals surface area contributed by atoms with Gasteiger partial charge in [-0.15, -0.1) is 10.2 Å². The number of anilines is 1. The molecular formula is C17H20N4O2S. The van der Waals surface area contributed by atoms with E-state index in [-0.39, 0.29) is 24.2 Å². The normalized spacial score (nSPS) is 17.3. The highest BCUT2D eigenvalue weighted by Gasteiger charge is 2.36. The van der Waals surface area contributed by atoms with Gasteiger partial charge in [-0.2, -0.15) is 0 Å². The summed E-state index contributed by atoms with van der Waals surface area (Å²) >= 11 is 1.37. The van der Waals surface area contributed by atoms with Crippen molar-refractivity contribution in [2.75, 3.05) is 18.0 Å². The van der Waals surface area contributed by atoms with Crippen molar-refractivity contribution >= 4 is 28.3 Å². The Labute approximate surface area is 144 Å². The highest BCUT2D eigenvalue weighted by Crippen LogP contribution is 2.27. The maximum Gasteiger partial charge on any atom is 0.229 e. The molecule has 0 spiro atoms. The first-order valence-corrected chi connectivity index (χ1v) is 8.87. The van der Waals surface area contributed by atoms with Gasteiger partial charge in [0.1, 0.15) is 5.01 Å². The number of nitrogens with zero attached hydrogens (tertiary/aromatic N) is 3. The van der Waals surface area contributed by atoms with Crippen LogP contribution in [0, 0.1) is 12.8 Å². The highest BCUT2D eigenvalue weighted by atomic mass is 32.1. The van der Waals surface area contributed by atoms with Gasteiger partial charge in [-0.25, -0.2) is 0 Å². The molecule has 2 aromatic rings. The molecule has 1 aromatic carbocycles. The van der Waals surface area contributed by atoms with Crippen LogP contribution in [0.3, 0.4) is 0 Å². The predicted molar refractivity (Wildman–Crippen MR) is 92.9 cm³/mol. The zero-order valence-corrected chi connectivity index (χ0v) is 14.4. The first-order chi connectivity index (χ1) is 11.6. The molecule has 1 aromatic heterocycles. The molecule has 1 fully saturated rings. The number of amides is 2. The number of benzene rings is 1. The van der Waals surface area contributed by atoms with Gasteiger partial charge in [0.25, 0.3) is 0 Å². The summed E-state index contributed by atoms with van der Waals surface area (Å²) in [5.74, 6) is -0.422. The van der Waals surface area contributed by atoms with Crippen LogP contribution < -0.4 is 10.2 Å². The molecule has 0 aliphatic carbocycles. The van der Waals surface area contributed by atoms with E-state index in [1.807, 2.05) is 25.1 Å². The van der Waals surface area contributed by atoms with Gasteiger partial charge in [0.2, 0.25) is 16.9 Å². The monoisotopic (exact) mass is 344 g/mol. The number of rotatable bonds is 6. The zero-order chi connectivity index (χ0) is 16.9. The van der Waals surface area contributed by atoms with Gasteiger partial charge in [-0.1, -0.05) is 41.7 Å². The largest absolute Gasteiger partial charge is 0.356 e. The summed E-state index contributed by atoms with van der Waals surface area (Å²) < 4.78 is 0. The Balaban J connectivity index is 1.45. The van der Waals surface area contributed by atoms with E-state index in [0.29, 0.717) is 18.2 Å². The number of hydrogen-bond acceptors (Lipinski definition) is 5. The summed E-state index contributed by atoms with van der Waals surface area (Å²) in [5, 5.41) is 12.3. The van der Waals surface area contributed by atoms with Gasteiger partial charge >= 0.3 is 0 Å². The first kappa shape index (κ1) is 16.6. The molecule has 1 saturated heterocycles. The Bertz CT molecular complexity index is 716. The first-order valence-electron chi connectivity index (χ1n) is 8.05. The molecule has 1 unspecified atom stereocenters. The maximum absolute atomic E-state index is 12.3. The number of aromatic nitrogens is 2. The minimum atomic E-state index is -0.307. The molecular weight excluding hydrogens is 324 g/mol. The Hall–Kier alpha value is -2.28. The van der Waals surface area contributed by atoms with Gasteiger partial charge in [0.15, 0.2) is 0 Å². The van der Waals surface area contributed by atoms with Crippen molar-refractivity contribution in [1.29, 1.82) is 0 Å². The fourth-order valence-electron chi connectivity index (χ4n) is 2.76. The molecule has 126 valence electrons. The van der Waals surface area contributed by atoms with Gasteiger partial charge in [0.05, 0.1) is 5.92 Å². The van der Waals surface area contributed by atoms with E-state index in [0.717, 1.165) is 17.8 Å². The van der Waals surface area contributed by atoms with Crippen molar-refractivity contribution in [2.24, 2.45) is 5.92 Å². The molecule has 2 amide bonds. The second-order valence-corrected chi connectivity index (χ2v) is 7.05. The summed E-state index contributed by atoms with van der Waals surface area (Å²) in [6, 6.07) is 10.2. The van der Waals surface area contributed by atoms with Crippen molar-refractivity contribution in [3.63, 3.8) is 0 Å². The van der Waals surface area contributed by atoms with Crippen LogP contribution in [0.15, 0.2) is 30.3 Å². The van der Waals surface area contributed by atoms with Crippen LogP contribution in [0.1, 0.15) is 23.4 Å². The molecule has 1 N–H and O–H groups in total. The average Bonchev–Trinajstić information content (AvgIpc) is 3.18. The molecule has 2 heterocycles. The van der Waals surface area contributed by atoms with Crippen LogP contribution in [-0.4, -0.2) is 35.1 Å². The van der Waals surface area contributed by atoms with Crippen molar-refractivity contribution in [1.82, 2.24) is 15.5 Å². The van der Waals surface area contributed by atoms with Crippen molar-refractivity contribution < 1.29 is 9.59 Å². The average molecular weight is 344 g/mol. The second-order valence-electron chi connectivity index (χ2n) is 5.89. The molecule has 6 nitrogen and oxygen atoms in total. The lowest BCUT2D eigenvalue weighted by Crippen LogP contribution is -2.33. The molecule has 0 radical (unpaired) electrons. The summed E-state index contributed by atoms with van der Waals surface area (Å²) in [4.78, 5) is 25.9. The lowest BCUT2D eigenvalue weighted by atomic mass is 10.1. The van der Waals surface area contributed by atoms with Gasteiger partial charge < -0.3 is 5.32 Å². The molecule has 1 aliphatic rings. The van der Waals surface area contributed by atoms with E-state index in [1.165, 1.54) is 16.9 Å². The summed E-state index contributed by atoms with van der Waals surface area (Å²) in [5.41, 5.74) is 1.26. The van der Waals surface area contributed by atoms with Gasteiger partial charge in [-0.05, 0) is 25.3 Å². The highest BCUT2D eigenvalue weighted by molar-refractivity contribution is 7.15. The van der Waals surface area contributed by atoms with E-state index in [1.54, 1.807) is 4.90 Å². The molecule has 0 saturated carbocycles. The minimum Gasteiger partial charge on any atom is -0.356 e. The van der Waals surface area contributed by atoms with Gasteiger partial charge in [-0.3, -0.25) is 14.5 Å². The number of nitrogens with one attached hydrogen (secondary N) is 1. The molecule has 7 heteroatoms.